The Kier molecular flexibility index (Phi) is 6.70. The summed E-state index contributed by atoms with van der Waals surface area (Å²) >= 11 is 5.93. The monoisotopic (exact) mass is 452 g/mol. The van der Waals surface area contributed by atoms with Gasteiger partial charge >= 0.3 is 6.03 Å². The minimum atomic E-state index is -0.262. The van der Waals surface area contributed by atoms with Crippen molar-refractivity contribution in [2.75, 3.05) is 30.4 Å². The van der Waals surface area contributed by atoms with Gasteiger partial charge in [0.05, 0.1) is 13.3 Å². The van der Waals surface area contributed by atoms with Crippen LogP contribution < -0.4 is 20.3 Å². The van der Waals surface area contributed by atoms with Gasteiger partial charge in [0.15, 0.2) is 0 Å². The van der Waals surface area contributed by atoms with Crippen LogP contribution in [0.25, 0.3) is 0 Å². The number of aromatic nitrogens is 3. The lowest BCUT2D eigenvalue weighted by Crippen LogP contribution is -2.51. The van der Waals surface area contributed by atoms with Crippen molar-refractivity contribution in [2.45, 2.75) is 25.3 Å². The summed E-state index contributed by atoms with van der Waals surface area (Å²) in [5.74, 6) is 2.27. The summed E-state index contributed by atoms with van der Waals surface area (Å²) in [6.45, 7) is 3.30. The number of methoxy groups -OCH3 is 1. The number of ether oxygens (including phenoxy) is 1. The van der Waals surface area contributed by atoms with Crippen molar-refractivity contribution in [2.24, 2.45) is 0 Å². The van der Waals surface area contributed by atoms with Crippen molar-refractivity contribution in [1.29, 1.82) is 0 Å². The molecule has 0 unspecified atom stereocenters. The number of piperidine rings is 1. The van der Waals surface area contributed by atoms with E-state index in [0.717, 1.165) is 30.3 Å². The van der Waals surface area contributed by atoms with Crippen molar-refractivity contribution < 1.29 is 9.53 Å². The number of carbonyl (C=O) groups is 1. The fraction of sp³-hybridized carbons (Fsp3) is 0.304. The molecule has 0 aliphatic carbocycles. The Morgan fingerprint density at radius 3 is 2.66 bits per heavy atom. The highest BCUT2D eigenvalue weighted by atomic mass is 35.5. The Morgan fingerprint density at radius 2 is 1.97 bits per heavy atom. The number of amides is 2. The molecule has 9 heteroatoms. The van der Waals surface area contributed by atoms with Crippen molar-refractivity contribution in [3.8, 4) is 5.75 Å². The van der Waals surface area contributed by atoms with E-state index in [-0.39, 0.29) is 18.0 Å². The Balaban J connectivity index is 1.52. The van der Waals surface area contributed by atoms with Crippen molar-refractivity contribution in [3.05, 3.63) is 71.4 Å². The Hall–Kier alpha value is -3.39. The lowest BCUT2D eigenvalue weighted by atomic mass is 9.88. The third-order valence-electron chi connectivity index (χ3n) is 5.49. The second-order valence-electron chi connectivity index (χ2n) is 7.64. The van der Waals surface area contributed by atoms with Gasteiger partial charge in [0.25, 0.3) is 0 Å². The molecule has 0 saturated carbocycles. The van der Waals surface area contributed by atoms with E-state index in [9.17, 15) is 4.79 Å². The molecule has 4 rings (SSSR count). The van der Waals surface area contributed by atoms with Crippen molar-refractivity contribution >= 4 is 29.1 Å². The highest BCUT2D eigenvalue weighted by Gasteiger charge is 2.33. The summed E-state index contributed by atoms with van der Waals surface area (Å²) < 4.78 is 5.25. The molecule has 2 amide bonds. The average Bonchev–Trinajstić information content (AvgIpc) is 2.81. The number of anilines is 2. The summed E-state index contributed by atoms with van der Waals surface area (Å²) in [6.07, 6.45) is 4.21. The van der Waals surface area contributed by atoms with E-state index in [1.165, 1.54) is 0 Å². The molecule has 8 nitrogen and oxygen atoms in total. The minimum Gasteiger partial charge on any atom is -0.495 e. The first kappa shape index (κ1) is 21.8. The molecule has 3 heterocycles. The SMILES string of the molecule is COc1ccc([C@@H]2CN(c3ccnc(C)n3)CC[C@H]2NC(=O)Nc2ccc(Cl)cc2)nc1. The van der Waals surface area contributed by atoms with Gasteiger partial charge in [-0.05, 0) is 55.8 Å². The molecule has 2 atom stereocenters. The highest BCUT2D eigenvalue weighted by Crippen LogP contribution is 2.29. The topological polar surface area (TPSA) is 92.3 Å². The molecule has 2 aromatic heterocycles. The number of urea groups is 1. The van der Waals surface area contributed by atoms with Crippen LogP contribution in [0.15, 0.2) is 54.9 Å². The van der Waals surface area contributed by atoms with Gasteiger partial charge in [-0.25, -0.2) is 14.8 Å². The van der Waals surface area contributed by atoms with Gasteiger partial charge in [-0.15, -0.1) is 0 Å². The smallest absolute Gasteiger partial charge is 0.319 e. The molecule has 32 heavy (non-hydrogen) atoms. The molecule has 0 spiro atoms. The number of halogens is 1. The van der Waals surface area contributed by atoms with Crippen LogP contribution in [0, 0.1) is 6.92 Å². The zero-order chi connectivity index (χ0) is 22.5. The summed E-state index contributed by atoms with van der Waals surface area (Å²) in [5, 5.41) is 6.62. The zero-order valence-corrected chi connectivity index (χ0v) is 18.7. The molecule has 0 bridgehead atoms. The van der Waals surface area contributed by atoms with Gasteiger partial charge < -0.3 is 20.3 Å². The van der Waals surface area contributed by atoms with Gasteiger partial charge in [-0.1, -0.05) is 11.6 Å². The largest absolute Gasteiger partial charge is 0.495 e. The zero-order valence-electron chi connectivity index (χ0n) is 18.0. The van der Waals surface area contributed by atoms with Gasteiger partial charge in [0.1, 0.15) is 17.4 Å². The molecule has 1 saturated heterocycles. The molecule has 166 valence electrons. The van der Waals surface area contributed by atoms with E-state index in [1.807, 2.05) is 25.1 Å². The number of hydrogen-bond acceptors (Lipinski definition) is 6. The third-order valence-corrected chi connectivity index (χ3v) is 5.74. The number of hydrogen-bond donors (Lipinski definition) is 2. The normalized spacial score (nSPS) is 18.2. The third kappa shape index (κ3) is 5.26. The quantitative estimate of drug-likeness (QED) is 0.607. The van der Waals surface area contributed by atoms with Crippen LogP contribution in [0.5, 0.6) is 5.75 Å². The van der Waals surface area contributed by atoms with Crippen LogP contribution in [-0.2, 0) is 0 Å². The highest BCUT2D eigenvalue weighted by molar-refractivity contribution is 6.30. The molecule has 3 aromatic rings. The number of benzene rings is 1. The van der Waals surface area contributed by atoms with E-state index in [2.05, 4.69) is 30.5 Å². The number of nitrogens with zero attached hydrogens (tertiary/aromatic N) is 4. The molecule has 1 fully saturated rings. The Morgan fingerprint density at radius 1 is 1.16 bits per heavy atom. The summed E-state index contributed by atoms with van der Waals surface area (Å²) in [4.78, 5) is 28.3. The lowest BCUT2D eigenvalue weighted by Gasteiger charge is -2.39. The first-order chi connectivity index (χ1) is 15.5. The summed E-state index contributed by atoms with van der Waals surface area (Å²) in [7, 11) is 1.61. The number of nitrogens with one attached hydrogen (secondary N) is 2. The Bertz CT molecular complexity index is 1060. The minimum absolute atomic E-state index is 0.0269. The molecule has 0 radical (unpaired) electrons. The fourth-order valence-electron chi connectivity index (χ4n) is 3.85. The van der Waals surface area contributed by atoms with Crippen molar-refractivity contribution in [1.82, 2.24) is 20.3 Å². The maximum Gasteiger partial charge on any atom is 0.319 e. The van der Waals surface area contributed by atoms with E-state index in [4.69, 9.17) is 16.3 Å². The van der Waals surface area contributed by atoms with E-state index in [1.54, 1.807) is 43.8 Å². The second-order valence-corrected chi connectivity index (χ2v) is 8.07. The van der Waals surface area contributed by atoms with Crippen LogP contribution in [0.2, 0.25) is 5.02 Å². The number of carbonyl (C=O) groups excluding carboxylic acids is 1. The molecule has 2 N–H and O–H groups in total. The Labute approximate surface area is 192 Å². The molecule has 1 aromatic carbocycles. The number of pyridine rings is 1. The van der Waals surface area contributed by atoms with E-state index in [0.29, 0.717) is 23.0 Å². The molecular formula is C23H25ClN6O2. The number of aryl methyl sites for hydroxylation is 1. The van der Waals surface area contributed by atoms with Gasteiger partial charge in [0, 0.05) is 47.7 Å². The van der Waals surface area contributed by atoms with E-state index < -0.39 is 0 Å². The van der Waals surface area contributed by atoms with Gasteiger partial charge in [-0.2, -0.15) is 0 Å². The second kappa shape index (κ2) is 9.82. The fourth-order valence-corrected chi connectivity index (χ4v) is 3.98. The van der Waals surface area contributed by atoms with Crippen molar-refractivity contribution in [3.63, 3.8) is 0 Å². The first-order valence-electron chi connectivity index (χ1n) is 10.4. The summed E-state index contributed by atoms with van der Waals surface area (Å²) in [6, 6.07) is 12.4. The number of rotatable bonds is 5. The standard InChI is InChI=1S/C23H25ClN6O2/c1-15-25-11-9-22(27-15)30-12-10-21(19(14-30)20-8-7-18(32-2)13-26-20)29-23(31)28-17-5-3-16(24)4-6-17/h3-9,11,13,19,21H,10,12,14H2,1-2H3,(H2,28,29,31)/t19-,21+/m0/s1. The maximum atomic E-state index is 12.7. The predicted octanol–water partition coefficient (Wildman–Crippen LogP) is 4.03. The average molecular weight is 453 g/mol. The van der Waals surface area contributed by atoms with Crippen LogP contribution in [0.3, 0.4) is 0 Å². The summed E-state index contributed by atoms with van der Waals surface area (Å²) in [5.41, 5.74) is 1.57. The van der Waals surface area contributed by atoms with Gasteiger partial charge in [-0.3, -0.25) is 4.98 Å². The van der Waals surface area contributed by atoms with E-state index >= 15 is 0 Å². The van der Waals surface area contributed by atoms with Crippen LogP contribution >= 0.6 is 11.6 Å². The predicted molar refractivity (Wildman–Crippen MR) is 125 cm³/mol. The molecule has 1 aliphatic heterocycles. The first-order valence-corrected chi connectivity index (χ1v) is 10.8. The lowest BCUT2D eigenvalue weighted by molar-refractivity contribution is 0.243. The van der Waals surface area contributed by atoms with Crippen LogP contribution in [0.4, 0.5) is 16.3 Å². The molecular weight excluding hydrogens is 428 g/mol. The van der Waals surface area contributed by atoms with Crippen LogP contribution in [0.1, 0.15) is 23.9 Å². The van der Waals surface area contributed by atoms with Gasteiger partial charge in [0.2, 0.25) is 0 Å². The molecule has 1 aliphatic rings. The van der Waals surface area contributed by atoms with Crippen LogP contribution in [-0.4, -0.2) is 47.2 Å². The maximum absolute atomic E-state index is 12.7.